The smallest absolute Gasteiger partial charge is 0.366 e. The first-order valence-corrected chi connectivity index (χ1v) is 3.87. The van der Waals surface area contributed by atoms with E-state index in [2.05, 4.69) is 0 Å². The maximum atomic E-state index is 12.3. The SMILES string of the molecule is NC(=O)c1cccc(C(F)(F)F)c1Cl. The van der Waals surface area contributed by atoms with Gasteiger partial charge in [0.25, 0.3) is 0 Å². The zero-order valence-corrected chi connectivity index (χ0v) is 7.49. The fraction of sp³-hybridized carbons (Fsp3) is 0.125. The third-order valence-corrected chi connectivity index (χ3v) is 1.98. The summed E-state index contributed by atoms with van der Waals surface area (Å²) in [7, 11) is 0. The summed E-state index contributed by atoms with van der Waals surface area (Å²) in [5, 5.41) is -0.660. The van der Waals surface area contributed by atoms with Crippen molar-refractivity contribution in [3.05, 3.63) is 34.3 Å². The van der Waals surface area contributed by atoms with Crippen LogP contribution in [-0.2, 0) is 6.18 Å². The van der Waals surface area contributed by atoms with Crippen LogP contribution in [0.25, 0.3) is 0 Å². The van der Waals surface area contributed by atoms with Gasteiger partial charge in [0.1, 0.15) is 0 Å². The van der Waals surface area contributed by atoms with Crippen molar-refractivity contribution in [2.24, 2.45) is 5.73 Å². The number of amides is 1. The maximum Gasteiger partial charge on any atom is 0.417 e. The molecule has 0 radical (unpaired) electrons. The predicted molar refractivity (Wildman–Crippen MR) is 45.0 cm³/mol. The first-order chi connectivity index (χ1) is 6.34. The van der Waals surface area contributed by atoms with Gasteiger partial charge in [-0.15, -0.1) is 0 Å². The van der Waals surface area contributed by atoms with Gasteiger partial charge in [0.15, 0.2) is 0 Å². The number of carbonyl (C=O) groups is 1. The van der Waals surface area contributed by atoms with Crippen LogP contribution in [0.5, 0.6) is 0 Å². The Bertz CT molecular complexity index is 375. The van der Waals surface area contributed by atoms with E-state index in [0.717, 1.165) is 18.2 Å². The molecule has 0 aliphatic carbocycles. The van der Waals surface area contributed by atoms with Crippen molar-refractivity contribution in [1.82, 2.24) is 0 Å². The van der Waals surface area contributed by atoms with E-state index in [1.165, 1.54) is 0 Å². The molecular formula is C8H5ClF3NO. The van der Waals surface area contributed by atoms with E-state index in [-0.39, 0.29) is 5.56 Å². The number of nitrogens with two attached hydrogens (primary N) is 1. The lowest BCUT2D eigenvalue weighted by atomic mass is 10.1. The highest BCUT2D eigenvalue weighted by molar-refractivity contribution is 6.34. The normalized spacial score (nSPS) is 11.4. The van der Waals surface area contributed by atoms with Gasteiger partial charge in [0.05, 0.1) is 16.1 Å². The summed E-state index contributed by atoms with van der Waals surface area (Å²) >= 11 is 5.37. The van der Waals surface area contributed by atoms with E-state index >= 15 is 0 Å². The largest absolute Gasteiger partial charge is 0.417 e. The van der Waals surface area contributed by atoms with Crippen molar-refractivity contribution in [2.75, 3.05) is 0 Å². The van der Waals surface area contributed by atoms with Crippen molar-refractivity contribution < 1.29 is 18.0 Å². The molecule has 2 N–H and O–H groups in total. The quantitative estimate of drug-likeness (QED) is 0.781. The molecule has 2 nitrogen and oxygen atoms in total. The fourth-order valence-corrected chi connectivity index (χ4v) is 1.27. The average Bonchev–Trinajstić information content (AvgIpc) is 2.01. The van der Waals surface area contributed by atoms with Gasteiger partial charge < -0.3 is 5.73 Å². The number of hydrogen-bond donors (Lipinski definition) is 1. The molecule has 0 aliphatic heterocycles. The molecule has 1 aromatic carbocycles. The number of halogens is 4. The van der Waals surface area contributed by atoms with Crippen molar-refractivity contribution in [3.63, 3.8) is 0 Å². The fourth-order valence-electron chi connectivity index (χ4n) is 0.941. The maximum absolute atomic E-state index is 12.3. The summed E-state index contributed by atoms with van der Waals surface area (Å²) in [4.78, 5) is 10.7. The standard InChI is InChI=1S/C8H5ClF3NO/c9-6-4(7(13)14)2-1-3-5(6)8(10,11)12/h1-3H,(H2,13,14). The Balaban J connectivity index is 3.35. The topological polar surface area (TPSA) is 43.1 Å². The number of rotatable bonds is 1. The van der Waals surface area contributed by atoms with E-state index in [1.54, 1.807) is 0 Å². The van der Waals surface area contributed by atoms with Crippen molar-refractivity contribution in [2.45, 2.75) is 6.18 Å². The van der Waals surface area contributed by atoms with E-state index in [0.29, 0.717) is 0 Å². The molecular weight excluding hydrogens is 219 g/mol. The second-order valence-corrected chi connectivity index (χ2v) is 2.91. The lowest BCUT2D eigenvalue weighted by Crippen LogP contribution is -2.14. The molecule has 76 valence electrons. The van der Waals surface area contributed by atoms with Gasteiger partial charge in [-0.3, -0.25) is 4.79 Å². The number of carbonyl (C=O) groups excluding carboxylic acids is 1. The Morgan fingerprint density at radius 2 is 1.93 bits per heavy atom. The number of benzene rings is 1. The van der Waals surface area contributed by atoms with Crippen LogP contribution in [0, 0.1) is 0 Å². The summed E-state index contributed by atoms with van der Waals surface area (Å²) in [6.07, 6.45) is -4.58. The van der Waals surface area contributed by atoms with Gasteiger partial charge in [0, 0.05) is 0 Å². The highest BCUT2D eigenvalue weighted by atomic mass is 35.5. The molecule has 0 fully saturated rings. The molecule has 0 atom stereocenters. The second-order valence-electron chi connectivity index (χ2n) is 2.53. The van der Waals surface area contributed by atoms with E-state index in [4.69, 9.17) is 17.3 Å². The zero-order chi connectivity index (χ0) is 10.9. The first-order valence-electron chi connectivity index (χ1n) is 3.49. The molecule has 0 saturated heterocycles. The average molecular weight is 224 g/mol. The van der Waals surface area contributed by atoms with Gasteiger partial charge >= 0.3 is 6.18 Å². The van der Waals surface area contributed by atoms with Crippen LogP contribution in [-0.4, -0.2) is 5.91 Å². The molecule has 1 rings (SSSR count). The van der Waals surface area contributed by atoms with E-state index in [9.17, 15) is 18.0 Å². The lowest BCUT2D eigenvalue weighted by Gasteiger charge is -2.10. The number of hydrogen-bond acceptors (Lipinski definition) is 1. The van der Waals surface area contributed by atoms with Crippen molar-refractivity contribution in [3.8, 4) is 0 Å². The van der Waals surface area contributed by atoms with Gasteiger partial charge in [-0.05, 0) is 12.1 Å². The minimum Gasteiger partial charge on any atom is -0.366 e. The van der Waals surface area contributed by atoms with E-state index < -0.39 is 22.7 Å². The minimum atomic E-state index is -4.58. The van der Waals surface area contributed by atoms with Crippen LogP contribution in [0.2, 0.25) is 5.02 Å². The molecule has 0 spiro atoms. The van der Waals surface area contributed by atoms with Gasteiger partial charge in [-0.25, -0.2) is 0 Å². The van der Waals surface area contributed by atoms with Crippen LogP contribution in [0.15, 0.2) is 18.2 Å². The van der Waals surface area contributed by atoms with Crippen LogP contribution in [0.3, 0.4) is 0 Å². The molecule has 1 amide bonds. The van der Waals surface area contributed by atoms with Crippen LogP contribution in [0.4, 0.5) is 13.2 Å². The Morgan fingerprint density at radius 3 is 2.36 bits per heavy atom. The minimum absolute atomic E-state index is 0.332. The van der Waals surface area contributed by atoms with Crippen LogP contribution >= 0.6 is 11.6 Å². The third kappa shape index (κ3) is 1.98. The summed E-state index contributed by atoms with van der Waals surface area (Å²) in [6.45, 7) is 0. The van der Waals surface area contributed by atoms with Crippen molar-refractivity contribution >= 4 is 17.5 Å². The summed E-state index contributed by atoms with van der Waals surface area (Å²) < 4.78 is 36.8. The Kier molecular flexibility index (Phi) is 2.71. The first kappa shape index (κ1) is 10.8. The Hall–Kier alpha value is -1.23. The van der Waals surface area contributed by atoms with Crippen molar-refractivity contribution in [1.29, 1.82) is 0 Å². The Labute approximate surface area is 82.5 Å². The number of primary amides is 1. The van der Waals surface area contributed by atoms with E-state index in [1.807, 2.05) is 0 Å². The molecule has 0 aromatic heterocycles. The molecule has 6 heteroatoms. The molecule has 0 unspecified atom stereocenters. The highest BCUT2D eigenvalue weighted by Gasteiger charge is 2.34. The molecule has 1 aromatic rings. The summed E-state index contributed by atoms with van der Waals surface area (Å²) in [5.74, 6) is -0.985. The molecule has 14 heavy (non-hydrogen) atoms. The van der Waals surface area contributed by atoms with Gasteiger partial charge in [0.2, 0.25) is 5.91 Å². The number of alkyl halides is 3. The zero-order valence-electron chi connectivity index (χ0n) is 6.73. The van der Waals surface area contributed by atoms with Crippen LogP contribution in [0.1, 0.15) is 15.9 Å². The third-order valence-electron chi connectivity index (χ3n) is 1.57. The highest BCUT2D eigenvalue weighted by Crippen LogP contribution is 2.35. The molecule has 0 aliphatic rings. The summed E-state index contributed by atoms with van der Waals surface area (Å²) in [5.41, 5.74) is 3.44. The molecule has 0 saturated carbocycles. The van der Waals surface area contributed by atoms with Gasteiger partial charge in [-0.1, -0.05) is 17.7 Å². The van der Waals surface area contributed by atoms with Crippen LogP contribution < -0.4 is 5.73 Å². The monoisotopic (exact) mass is 223 g/mol. The second kappa shape index (κ2) is 3.49. The predicted octanol–water partition coefficient (Wildman–Crippen LogP) is 2.46. The lowest BCUT2D eigenvalue weighted by molar-refractivity contribution is -0.137. The summed E-state index contributed by atoms with van der Waals surface area (Å²) in [6, 6.07) is 3.00. The van der Waals surface area contributed by atoms with Gasteiger partial charge in [-0.2, -0.15) is 13.2 Å². The Morgan fingerprint density at radius 1 is 1.36 bits per heavy atom. The molecule has 0 bridgehead atoms. The molecule has 0 heterocycles.